The average Bonchev–Trinajstić information content (AvgIpc) is 2.78. The minimum Gasteiger partial charge on any atom is -0.493 e. The average molecular weight is 449 g/mol. The predicted octanol–water partition coefficient (Wildman–Crippen LogP) is 3.37. The third kappa shape index (κ3) is 6.68. The molecule has 0 aliphatic heterocycles. The van der Waals surface area contributed by atoms with E-state index in [4.69, 9.17) is 25.8 Å². The number of hydrogen-bond donors (Lipinski definition) is 3. The van der Waals surface area contributed by atoms with Gasteiger partial charge >= 0.3 is 0 Å². The van der Waals surface area contributed by atoms with Crippen molar-refractivity contribution in [1.29, 1.82) is 0 Å². The molecule has 0 aromatic heterocycles. The molecule has 9 heteroatoms. The van der Waals surface area contributed by atoms with Gasteiger partial charge in [-0.15, -0.1) is 0 Å². The van der Waals surface area contributed by atoms with Crippen LogP contribution in [0.15, 0.2) is 35.3 Å². The number of anilines is 1. The van der Waals surface area contributed by atoms with Gasteiger partial charge in [0.25, 0.3) is 0 Å². The molecular weight excluding hydrogens is 420 g/mol. The van der Waals surface area contributed by atoms with E-state index in [9.17, 15) is 4.79 Å². The molecule has 1 amide bonds. The Labute approximate surface area is 187 Å². The van der Waals surface area contributed by atoms with Gasteiger partial charge in [-0.25, -0.2) is 0 Å². The molecule has 3 N–H and O–H groups in total. The molecule has 0 unspecified atom stereocenters. The van der Waals surface area contributed by atoms with Gasteiger partial charge in [0.05, 0.1) is 21.3 Å². The lowest BCUT2D eigenvalue weighted by atomic mass is 10.2. The first kappa shape index (κ1) is 24.1. The summed E-state index contributed by atoms with van der Waals surface area (Å²) in [6.45, 7) is 2.76. The van der Waals surface area contributed by atoms with E-state index in [2.05, 4.69) is 20.9 Å². The number of aliphatic imine (C=N–C) groups is 1. The lowest BCUT2D eigenvalue weighted by molar-refractivity contribution is -0.116. The van der Waals surface area contributed by atoms with Crippen molar-refractivity contribution in [1.82, 2.24) is 10.6 Å². The third-order valence-electron chi connectivity index (χ3n) is 4.59. The second kappa shape index (κ2) is 11.9. The number of halogens is 1. The zero-order valence-electron chi connectivity index (χ0n) is 18.5. The summed E-state index contributed by atoms with van der Waals surface area (Å²) in [4.78, 5) is 16.4. The molecule has 0 saturated heterocycles. The van der Waals surface area contributed by atoms with Crippen LogP contribution >= 0.6 is 11.6 Å². The number of methoxy groups -OCH3 is 3. The standard InChI is InChI=1S/C22H29ClN4O4/c1-14-16(23)7-6-8-17(14)27-20(28)9-10-25-22(24-2)26-13-15-11-18(29-3)21(31-5)19(12-15)30-4/h6-8,11-12H,9-10,13H2,1-5H3,(H,27,28)(H2,24,25,26). The van der Waals surface area contributed by atoms with Crippen LogP contribution in [-0.4, -0.2) is 46.8 Å². The SMILES string of the molecule is CN=C(NCCC(=O)Nc1cccc(Cl)c1C)NCc1cc(OC)c(OC)c(OC)c1. The summed E-state index contributed by atoms with van der Waals surface area (Å²) in [6.07, 6.45) is 0.275. The van der Waals surface area contributed by atoms with Crippen LogP contribution in [0, 0.1) is 6.92 Å². The third-order valence-corrected chi connectivity index (χ3v) is 5.00. The summed E-state index contributed by atoms with van der Waals surface area (Å²) in [5.74, 6) is 2.15. The number of carbonyl (C=O) groups excluding carboxylic acids is 1. The van der Waals surface area contributed by atoms with Crippen molar-refractivity contribution in [2.24, 2.45) is 4.99 Å². The molecule has 0 heterocycles. The van der Waals surface area contributed by atoms with Gasteiger partial charge in [0, 0.05) is 37.3 Å². The summed E-state index contributed by atoms with van der Waals surface area (Å²) in [5.41, 5.74) is 2.47. The van der Waals surface area contributed by atoms with Crippen molar-refractivity contribution >= 4 is 29.2 Å². The normalized spacial score (nSPS) is 11.0. The van der Waals surface area contributed by atoms with Crippen molar-refractivity contribution in [2.45, 2.75) is 19.9 Å². The first-order chi connectivity index (χ1) is 14.9. The number of hydrogen-bond acceptors (Lipinski definition) is 5. The van der Waals surface area contributed by atoms with Crippen LogP contribution < -0.4 is 30.2 Å². The number of nitrogens with zero attached hydrogens (tertiary/aromatic N) is 1. The van der Waals surface area contributed by atoms with E-state index < -0.39 is 0 Å². The largest absolute Gasteiger partial charge is 0.493 e. The summed E-state index contributed by atoms with van der Waals surface area (Å²) in [5, 5.41) is 9.82. The monoisotopic (exact) mass is 448 g/mol. The van der Waals surface area contributed by atoms with Crippen molar-refractivity contribution in [3.63, 3.8) is 0 Å². The van der Waals surface area contributed by atoms with Crippen LogP contribution in [0.1, 0.15) is 17.5 Å². The fourth-order valence-electron chi connectivity index (χ4n) is 2.89. The van der Waals surface area contributed by atoms with E-state index in [1.165, 1.54) is 0 Å². The highest BCUT2D eigenvalue weighted by Crippen LogP contribution is 2.38. The minimum absolute atomic E-state index is 0.113. The molecule has 0 radical (unpaired) electrons. The molecule has 0 spiro atoms. The van der Waals surface area contributed by atoms with Crippen LogP contribution in [0.2, 0.25) is 5.02 Å². The molecule has 0 saturated carbocycles. The Kier molecular flexibility index (Phi) is 9.27. The molecule has 0 aliphatic carbocycles. The number of rotatable bonds is 9. The first-order valence-corrected chi connectivity index (χ1v) is 10.1. The molecule has 168 valence electrons. The second-order valence-electron chi connectivity index (χ2n) is 6.60. The number of nitrogens with one attached hydrogen (secondary N) is 3. The van der Waals surface area contributed by atoms with Crippen LogP contribution in [-0.2, 0) is 11.3 Å². The van der Waals surface area contributed by atoms with Crippen molar-refractivity contribution in [3.05, 3.63) is 46.5 Å². The molecule has 0 atom stereocenters. The van der Waals surface area contributed by atoms with Gasteiger partial charge in [-0.05, 0) is 42.3 Å². The summed E-state index contributed by atoms with van der Waals surface area (Å²) >= 11 is 6.09. The van der Waals surface area contributed by atoms with Crippen molar-refractivity contribution in [2.75, 3.05) is 40.2 Å². The number of benzene rings is 2. The van der Waals surface area contributed by atoms with E-state index in [0.29, 0.717) is 47.0 Å². The number of amides is 1. The highest BCUT2D eigenvalue weighted by Gasteiger charge is 2.13. The van der Waals surface area contributed by atoms with Gasteiger partial charge in [0.15, 0.2) is 17.5 Å². The lowest BCUT2D eigenvalue weighted by Crippen LogP contribution is -2.38. The zero-order chi connectivity index (χ0) is 22.8. The molecule has 0 fully saturated rings. The molecule has 2 rings (SSSR count). The fourth-order valence-corrected chi connectivity index (χ4v) is 3.07. The minimum atomic E-state index is -0.113. The molecular formula is C22H29ClN4O4. The van der Waals surface area contributed by atoms with E-state index in [1.807, 2.05) is 25.1 Å². The number of guanidine groups is 1. The van der Waals surface area contributed by atoms with Gasteiger partial charge < -0.3 is 30.2 Å². The molecule has 2 aromatic rings. The Hall–Kier alpha value is -3.13. The molecule has 0 aliphatic rings. The lowest BCUT2D eigenvalue weighted by Gasteiger charge is -2.16. The summed E-state index contributed by atoms with van der Waals surface area (Å²) < 4.78 is 16.1. The maximum atomic E-state index is 12.2. The van der Waals surface area contributed by atoms with Gasteiger partial charge in [0.2, 0.25) is 11.7 Å². The summed E-state index contributed by atoms with van der Waals surface area (Å²) in [7, 11) is 6.38. The van der Waals surface area contributed by atoms with Gasteiger partial charge in [-0.3, -0.25) is 9.79 Å². The zero-order valence-corrected chi connectivity index (χ0v) is 19.2. The van der Waals surface area contributed by atoms with Crippen LogP contribution in [0.5, 0.6) is 17.2 Å². The quantitative estimate of drug-likeness (QED) is 0.402. The topological polar surface area (TPSA) is 93.2 Å². The van der Waals surface area contributed by atoms with Crippen molar-refractivity contribution in [3.8, 4) is 17.2 Å². The maximum Gasteiger partial charge on any atom is 0.226 e. The van der Waals surface area contributed by atoms with Crippen LogP contribution in [0.3, 0.4) is 0 Å². The fraction of sp³-hybridized carbons (Fsp3) is 0.364. The molecule has 31 heavy (non-hydrogen) atoms. The second-order valence-corrected chi connectivity index (χ2v) is 7.00. The molecule has 8 nitrogen and oxygen atoms in total. The summed E-state index contributed by atoms with van der Waals surface area (Å²) in [6, 6.07) is 9.14. The maximum absolute atomic E-state index is 12.2. The first-order valence-electron chi connectivity index (χ1n) is 9.71. The van der Waals surface area contributed by atoms with E-state index in [0.717, 1.165) is 11.1 Å². The Balaban J connectivity index is 1.88. The number of carbonyl (C=O) groups is 1. The van der Waals surface area contributed by atoms with E-state index >= 15 is 0 Å². The predicted molar refractivity (Wildman–Crippen MR) is 124 cm³/mol. The molecule has 2 aromatic carbocycles. The van der Waals surface area contributed by atoms with E-state index in [1.54, 1.807) is 40.5 Å². The van der Waals surface area contributed by atoms with Gasteiger partial charge in [-0.1, -0.05) is 17.7 Å². The van der Waals surface area contributed by atoms with E-state index in [-0.39, 0.29) is 12.3 Å². The smallest absolute Gasteiger partial charge is 0.226 e. The van der Waals surface area contributed by atoms with Crippen molar-refractivity contribution < 1.29 is 19.0 Å². The highest BCUT2D eigenvalue weighted by atomic mass is 35.5. The van der Waals surface area contributed by atoms with Gasteiger partial charge in [-0.2, -0.15) is 0 Å². The Morgan fingerprint density at radius 3 is 2.32 bits per heavy atom. The molecule has 0 bridgehead atoms. The Bertz CT molecular complexity index is 909. The number of ether oxygens (including phenoxy) is 3. The highest BCUT2D eigenvalue weighted by molar-refractivity contribution is 6.31. The Morgan fingerprint density at radius 2 is 1.74 bits per heavy atom. The van der Waals surface area contributed by atoms with Gasteiger partial charge in [0.1, 0.15) is 0 Å². The van der Waals surface area contributed by atoms with Crippen LogP contribution in [0.4, 0.5) is 5.69 Å². The Morgan fingerprint density at radius 1 is 1.06 bits per heavy atom. The van der Waals surface area contributed by atoms with Crippen LogP contribution in [0.25, 0.3) is 0 Å².